The van der Waals surface area contributed by atoms with Gasteiger partial charge in [-0.2, -0.15) is 8.78 Å². The Bertz CT molecular complexity index is 1220. The summed E-state index contributed by atoms with van der Waals surface area (Å²) < 4.78 is 77.6. The van der Waals surface area contributed by atoms with Crippen molar-refractivity contribution in [2.75, 3.05) is 25.1 Å². The summed E-state index contributed by atoms with van der Waals surface area (Å²) in [6.07, 6.45) is 1.41. The summed E-state index contributed by atoms with van der Waals surface area (Å²) in [4.78, 5) is 28.7. The number of halogens is 5. The minimum absolute atomic E-state index is 0.0251. The molecule has 12 heteroatoms. The SMILES string of the molecule is COc1c(N2CCC(C(N)C(F)(F)C(C)(F)F)C2)c(F)c(C)c2c(=O)[nH]c(=O)n(C3CC3)c12. The van der Waals surface area contributed by atoms with E-state index in [1.54, 1.807) is 0 Å². The summed E-state index contributed by atoms with van der Waals surface area (Å²) >= 11 is 0. The van der Waals surface area contributed by atoms with Gasteiger partial charge >= 0.3 is 17.5 Å². The fraction of sp³-hybridized carbons (Fsp3) is 0.619. The highest BCUT2D eigenvalue weighted by molar-refractivity contribution is 5.93. The van der Waals surface area contributed by atoms with Gasteiger partial charge < -0.3 is 15.4 Å². The maximum Gasteiger partial charge on any atom is 0.329 e. The molecule has 3 N–H and O–H groups in total. The Kier molecular flexibility index (Phi) is 5.50. The van der Waals surface area contributed by atoms with Crippen LogP contribution in [0.2, 0.25) is 0 Å². The van der Waals surface area contributed by atoms with Crippen LogP contribution in [0.4, 0.5) is 27.6 Å². The van der Waals surface area contributed by atoms with Crippen LogP contribution in [0.15, 0.2) is 9.59 Å². The van der Waals surface area contributed by atoms with E-state index in [2.05, 4.69) is 4.98 Å². The Morgan fingerprint density at radius 1 is 1.18 bits per heavy atom. The molecule has 2 unspecified atom stereocenters. The number of aromatic nitrogens is 2. The van der Waals surface area contributed by atoms with Gasteiger partial charge in [0.1, 0.15) is 11.2 Å². The first kappa shape index (κ1) is 23.5. The van der Waals surface area contributed by atoms with E-state index in [1.165, 1.54) is 23.5 Å². The number of hydrogen-bond acceptors (Lipinski definition) is 5. The largest absolute Gasteiger partial charge is 0.492 e. The van der Waals surface area contributed by atoms with Crippen LogP contribution in [0.25, 0.3) is 10.9 Å². The minimum Gasteiger partial charge on any atom is -0.492 e. The lowest BCUT2D eigenvalue weighted by atomic mass is 9.91. The van der Waals surface area contributed by atoms with Crippen molar-refractivity contribution in [2.45, 2.75) is 57.0 Å². The van der Waals surface area contributed by atoms with Gasteiger partial charge in [0, 0.05) is 31.6 Å². The van der Waals surface area contributed by atoms with Gasteiger partial charge in [-0.15, -0.1) is 0 Å². The molecule has 7 nitrogen and oxygen atoms in total. The van der Waals surface area contributed by atoms with E-state index in [4.69, 9.17) is 10.5 Å². The zero-order chi connectivity index (χ0) is 24.5. The highest BCUT2D eigenvalue weighted by atomic mass is 19.3. The normalized spacial score (nSPS) is 20.5. The molecule has 1 aromatic carbocycles. The lowest BCUT2D eigenvalue weighted by molar-refractivity contribution is -0.214. The number of alkyl halides is 4. The first-order valence-electron chi connectivity index (χ1n) is 10.6. The molecule has 2 aromatic rings. The number of anilines is 1. The second-order valence-corrected chi connectivity index (χ2v) is 8.94. The number of fused-ring (bicyclic) bond motifs is 1. The summed E-state index contributed by atoms with van der Waals surface area (Å²) in [6, 6.07) is -2.33. The molecule has 1 saturated heterocycles. The Labute approximate surface area is 185 Å². The van der Waals surface area contributed by atoms with Crippen LogP contribution >= 0.6 is 0 Å². The molecule has 4 rings (SSSR count). The smallest absolute Gasteiger partial charge is 0.329 e. The molecule has 33 heavy (non-hydrogen) atoms. The molecule has 2 atom stereocenters. The van der Waals surface area contributed by atoms with Gasteiger partial charge in [0.25, 0.3) is 5.56 Å². The van der Waals surface area contributed by atoms with Crippen LogP contribution in [-0.2, 0) is 0 Å². The first-order chi connectivity index (χ1) is 15.3. The van der Waals surface area contributed by atoms with Crippen LogP contribution in [-0.4, -0.2) is 47.6 Å². The third kappa shape index (κ3) is 3.58. The second-order valence-electron chi connectivity index (χ2n) is 8.94. The number of benzene rings is 1. The fourth-order valence-electron chi connectivity index (χ4n) is 4.65. The van der Waals surface area contributed by atoms with E-state index in [1.807, 2.05) is 0 Å². The lowest BCUT2D eigenvalue weighted by Gasteiger charge is -2.32. The summed E-state index contributed by atoms with van der Waals surface area (Å²) in [5.74, 6) is -10.7. The van der Waals surface area contributed by atoms with E-state index >= 15 is 4.39 Å². The molecular weight excluding hydrogens is 451 g/mol. The molecular formula is C21H25F5N4O3. The lowest BCUT2D eigenvalue weighted by Crippen LogP contribution is -2.56. The first-order valence-corrected chi connectivity index (χ1v) is 10.6. The molecule has 0 bridgehead atoms. The number of rotatable bonds is 6. The highest BCUT2D eigenvalue weighted by Crippen LogP contribution is 2.46. The Morgan fingerprint density at radius 3 is 2.36 bits per heavy atom. The van der Waals surface area contributed by atoms with Gasteiger partial charge in [-0.25, -0.2) is 18.0 Å². The topological polar surface area (TPSA) is 93.3 Å². The summed E-state index contributed by atoms with van der Waals surface area (Å²) in [5, 5.41) is -0.0378. The Morgan fingerprint density at radius 2 is 1.82 bits per heavy atom. The average molecular weight is 476 g/mol. The predicted octanol–water partition coefficient (Wildman–Crippen LogP) is 2.92. The van der Waals surface area contributed by atoms with Crippen molar-refractivity contribution in [2.24, 2.45) is 11.7 Å². The van der Waals surface area contributed by atoms with Gasteiger partial charge in [0.05, 0.1) is 18.5 Å². The molecule has 1 aliphatic heterocycles. The van der Waals surface area contributed by atoms with Crippen molar-refractivity contribution in [3.8, 4) is 5.75 Å². The number of nitrogens with one attached hydrogen (secondary N) is 1. The molecule has 1 saturated carbocycles. The third-order valence-electron chi connectivity index (χ3n) is 6.66. The molecule has 2 aliphatic rings. The highest BCUT2D eigenvalue weighted by Gasteiger charge is 2.59. The van der Waals surface area contributed by atoms with Crippen molar-refractivity contribution in [3.05, 3.63) is 32.2 Å². The summed E-state index contributed by atoms with van der Waals surface area (Å²) in [6.45, 7) is 1.33. The molecule has 0 radical (unpaired) electrons. The molecule has 182 valence electrons. The van der Waals surface area contributed by atoms with E-state index < -0.39 is 40.9 Å². The van der Waals surface area contributed by atoms with Crippen LogP contribution < -0.4 is 26.6 Å². The maximum atomic E-state index is 15.6. The number of aryl methyl sites for hydroxylation is 1. The van der Waals surface area contributed by atoms with E-state index in [0.717, 1.165) is 0 Å². The molecule has 0 amide bonds. The molecule has 2 fully saturated rings. The van der Waals surface area contributed by atoms with Crippen molar-refractivity contribution in [3.63, 3.8) is 0 Å². The number of ether oxygens (including phenoxy) is 1. The van der Waals surface area contributed by atoms with Crippen molar-refractivity contribution in [1.82, 2.24) is 9.55 Å². The predicted molar refractivity (Wildman–Crippen MR) is 112 cm³/mol. The van der Waals surface area contributed by atoms with Crippen LogP contribution in [0, 0.1) is 18.7 Å². The van der Waals surface area contributed by atoms with E-state index in [-0.39, 0.29) is 60.4 Å². The zero-order valence-corrected chi connectivity index (χ0v) is 18.4. The Hall–Kier alpha value is -2.63. The van der Waals surface area contributed by atoms with Crippen LogP contribution in [0.3, 0.4) is 0 Å². The van der Waals surface area contributed by atoms with Gasteiger partial charge in [-0.05, 0) is 32.1 Å². The molecule has 0 spiro atoms. The Balaban J connectivity index is 1.84. The van der Waals surface area contributed by atoms with Crippen molar-refractivity contribution in [1.29, 1.82) is 0 Å². The number of hydrogen-bond donors (Lipinski definition) is 2. The molecule has 2 heterocycles. The van der Waals surface area contributed by atoms with Crippen molar-refractivity contribution >= 4 is 16.6 Å². The van der Waals surface area contributed by atoms with E-state index in [0.29, 0.717) is 12.8 Å². The number of methoxy groups -OCH3 is 1. The maximum absolute atomic E-state index is 15.6. The quantitative estimate of drug-likeness (QED) is 0.626. The third-order valence-corrected chi connectivity index (χ3v) is 6.66. The average Bonchev–Trinajstić information content (AvgIpc) is 3.44. The number of aromatic amines is 1. The van der Waals surface area contributed by atoms with Gasteiger partial charge in [-0.3, -0.25) is 14.3 Å². The van der Waals surface area contributed by atoms with Crippen LogP contribution in [0.1, 0.15) is 37.8 Å². The zero-order valence-electron chi connectivity index (χ0n) is 18.4. The van der Waals surface area contributed by atoms with Crippen molar-refractivity contribution < 1.29 is 26.7 Å². The van der Waals surface area contributed by atoms with Gasteiger partial charge in [-0.1, -0.05) is 0 Å². The minimum atomic E-state index is -4.45. The summed E-state index contributed by atoms with van der Waals surface area (Å²) in [5.41, 5.74) is 4.12. The van der Waals surface area contributed by atoms with E-state index in [9.17, 15) is 27.2 Å². The number of nitrogens with two attached hydrogens (primary N) is 1. The van der Waals surface area contributed by atoms with Gasteiger partial charge in [0.2, 0.25) is 0 Å². The fourth-order valence-corrected chi connectivity index (χ4v) is 4.65. The molecule has 1 aromatic heterocycles. The van der Waals surface area contributed by atoms with Gasteiger partial charge in [0.15, 0.2) is 11.6 Å². The molecule has 1 aliphatic carbocycles. The van der Waals surface area contributed by atoms with Crippen LogP contribution in [0.5, 0.6) is 5.75 Å². The number of nitrogens with zero attached hydrogens (tertiary/aromatic N) is 2. The standard InChI is InChI=1S/C21H25F5N4O3/c1-9-12-14(30(11-4-5-11)19(32)28-18(12)31)16(33-3)15(13(9)22)29-7-6-10(8-29)17(27)21(25,26)20(2,23)24/h10-11,17H,4-8,27H2,1-3H3,(H,28,31,32). The monoisotopic (exact) mass is 476 g/mol. The second kappa shape index (κ2) is 7.71. The summed E-state index contributed by atoms with van der Waals surface area (Å²) in [7, 11) is 1.25. The number of H-pyrrole nitrogens is 1.